The lowest BCUT2D eigenvalue weighted by Crippen LogP contribution is -2.26. The van der Waals surface area contributed by atoms with Gasteiger partial charge in [-0.05, 0) is 43.4 Å². The first-order chi connectivity index (χ1) is 11.7. The minimum Gasteiger partial charge on any atom is -0.310 e. The van der Waals surface area contributed by atoms with Gasteiger partial charge in [-0.3, -0.25) is 0 Å². The Labute approximate surface area is 143 Å². The largest absolute Gasteiger partial charge is 0.310 e. The molecule has 1 fully saturated rings. The molecule has 1 atom stereocenters. The molecule has 0 bridgehead atoms. The van der Waals surface area contributed by atoms with Crippen molar-refractivity contribution in [1.82, 2.24) is 20.1 Å². The van der Waals surface area contributed by atoms with E-state index in [4.69, 9.17) is 0 Å². The van der Waals surface area contributed by atoms with Crippen LogP contribution in [0.4, 0.5) is 4.39 Å². The summed E-state index contributed by atoms with van der Waals surface area (Å²) in [4.78, 5) is 3.85. The molecule has 5 heteroatoms. The maximum atomic E-state index is 14.2. The normalized spacial score (nSPS) is 17.1. The minimum absolute atomic E-state index is 0.269. The van der Waals surface area contributed by atoms with Crippen LogP contribution in [-0.2, 0) is 6.54 Å². The number of hydrogen-bond acceptors (Lipinski definition) is 3. The van der Waals surface area contributed by atoms with E-state index in [1.54, 1.807) is 12.1 Å². The molecule has 1 aromatic carbocycles. The van der Waals surface area contributed by atoms with Gasteiger partial charge in [-0.25, -0.2) is 14.1 Å². The van der Waals surface area contributed by atoms with Crippen LogP contribution < -0.4 is 5.32 Å². The number of benzene rings is 1. The summed E-state index contributed by atoms with van der Waals surface area (Å²) >= 11 is 0. The Morgan fingerprint density at radius 2 is 2.12 bits per heavy atom. The van der Waals surface area contributed by atoms with Gasteiger partial charge in [0.1, 0.15) is 24.2 Å². The maximum absolute atomic E-state index is 14.2. The Kier molecular flexibility index (Phi) is 5.96. The van der Waals surface area contributed by atoms with Gasteiger partial charge in [-0.2, -0.15) is 5.10 Å². The second-order valence-electron chi connectivity index (χ2n) is 6.99. The lowest BCUT2D eigenvalue weighted by atomic mass is 9.85. The van der Waals surface area contributed by atoms with E-state index in [0.717, 1.165) is 11.5 Å². The molecule has 1 unspecified atom stereocenters. The Morgan fingerprint density at radius 1 is 1.29 bits per heavy atom. The number of rotatable bonds is 7. The van der Waals surface area contributed by atoms with Crippen LogP contribution in [-0.4, -0.2) is 20.8 Å². The third kappa shape index (κ3) is 4.63. The molecule has 2 aromatic rings. The summed E-state index contributed by atoms with van der Waals surface area (Å²) in [7, 11) is 0. The van der Waals surface area contributed by atoms with Gasteiger partial charge in [0.25, 0.3) is 0 Å². The SMILES string of the molecule is CC(CCC1CCCCC1)NCc1ccc(-n2cncn2)c(F)c1. The van der Waals surface area contributed by atoms with Crippen molar-refractivity contribution in [2.45, 2.75) is 64.5 Å². The minimum atomic E-state index is -0.269. The second-order valence-corrected chi connectivity index (χ2v) is 6.99. The summed E-state index contributed by atoms with van der Waals surface area (Å²) in [6.07, 6.45) is 12.5. The third-order valence-corrected chi connectivity index (χ3v) is 5.06. The highest BCUT2D eigenvalue weighted by molar-refractivity contribution is 5.35. The molecule has 4 nitrogen and oxygen atoms in total. The Hall–Kier alpha value is -1.75. The lowest BCUT2D eigenvalue weighted by Gasteiger charge is -2.23. The average molecular weight is 330 g/mol. The molecule has 1 N–H and O–H groups in total. The second kappa shape index (κ2) is 8.38. The zero-order valence-electron chi connectivity index (χ0n) is 14.4. The van der Waals surface area contributed by atoms with Gasteiger partial charge in [-0.15, -0.1) is 0 Å². The molecule has 24 heavy (non-hydrogen) atoms. The highest BCUT2D eigenvalue weighted by atomic mass is 19.1. The maximum Gasteiger partial charge on any atom is 0.149 e. The quantitative estimate of drug-likeness (QED) is 0.825. The molecular weight excluding hydrogens is 303 g/mol. The van der Waals surface area contributed by atoms with Gasteiger partial charge in [-0.1, -0.05) is 38.2 Å². The van der Waals surface area contributed by atoms with E-state index in [9.17, 15) is 4.39 Å². The van der Waals surface area contributed by atoms with Crippen LogP contribution in [0.5, 0.6) is 0 Å². The molecule has 1 heterocycles. The predicted octanol–water partition coefficient (Wildman–Crippen LogP) is 4.25. The molecule has 0 spiro atoms. The number of nitrogens with one attached hydrogen (secondary N) is 1. The van der Waals surface area contributed by atoms with Gasteiger partial charge in [0.05, 0.1) is 0 Å². The van der Waals surface area contributed by atoms with E-state index in [1.807, 2.05) is 6.07 Å². The Balaban J connectivity index is 1.46. The van der Waals surface area contributed by atoms with Crippen molar-refractivity contribution in [2.75, 3.05) is 0 Å². The highest BCUT2D eigenvalue weighted by Gasteiger charge is 2.14. The summed E-state index contributed by atoms with van der Waals surface area (Å²) < 4.78 is 15.7. The molecule has 1 saturated carbocycles. The topological polar surface area (TPSA) is 42.7 Å². The zero-order valence-corrected chi connectivity index (χ0v) is 14.4. The van der Waals surface area contributed by atoms with E-state index in [-0.39, 0.29) is 5.82 Å². The van der Waals surface area contributed by atoms with Crippen LogP contribution in [0.1, 0.15) is 57.4 Å². The molecular formula is C19H27FN4. The summed E-state index contributed by atoms with van der Waals surface area (Å²) in [5, 5.41) is 7.49. The van der Waals surface area contributed by atoms with Gasteiger partial charge in [0.15, 0.2) is 0 Å². The molecule has 1 aliphatic carbocycles. The molecule has 130 valence electrons. The molecule has 1 aliphatic rings. The van der Waals surface area contributed by atoms with Crippen LogP contribution in [0.3, 0.4) is 0 Å². The molecule has 1 aromatic heterocycles. The van der Waals surface area contributed by atoms with Crippen molar-refractivity contribution in [2.24, 2.45) is 5.92 Å². The first-order valence-corrected chi connectivity index (χ1v) is 9.09. The van der Waals surface area contributed by atoms with E-state index in [0.29, 0.717) is 18.3 Å². The summed E-state index contributed by atoms with van der Waals surface area (Å²) in [6, 6.07) is 5.75. The third-order valence-electron chi connectivity index (χ3n) is 5.06. The summed E-state index contributed by atoms with van der Waals surface area (Å²) in [6.45, 7) is 2.92. The van der Waals surface area contributed by atoms with Crippen molar-refractivity contribution >= 4 is 0 Å². The van der Waals surface area contributed by atoms with E-state index >= 15 is 0 Å². The number of halogens is 1. The van der Waals surface area contributed by atoms with Crippen LogP contribution >= 0.6 is 0 Å². The number of hydrogen-bond donors (Lipinski definition) is 1. The average Bonchev–Trinajstić information content (AvgIpc) is 3.13. The fraction of sp³-hybridized carbons (Fsp3) is 0.579. The van der Waals surface area contributed by atoms with Crippen LogP contribution in [0.15, 0.2) is 30.9 Å². The van der Waals surface area contributed by atoms with E-state index in [2.05, 4.69) is 22.3 Å². The summed E-state index contributed by atoms with van der Waals surface area (Å²) in [5.41, 5.74) is 1.39. The van der Waals surface area contributed by atoms with Crippen molar-refractivity contribution in [3.63, 3.8) is 0 Å². The molecule has 3 rings (SSSR count). The first-order valence-electron chi connectivity index (χ1n) is 9.09. The van der Waals surface area contributed by atoms with Gasteiger partial charge in [0.2, 0.25) is 0 Å². The van der Waals surface area contributed by atoms with Crippen molar-refractivity contribution < 1.29 is 4.39 Å². The first kappa shape index (κ1) is 17.1. The number of nitrogens with zero attached hydrogens (tertiary/aromatic N) is 3. The van der Waals surface area contributed by atoms with Crippen molar-refractivity contribution in [1.29, 1.82) is 0 Å². The van der Waals surface area contributed by atoms with E-state index in [1.165, 1.54) is 62.3 Å². The molecule has 0 saturated heterocycles. The smallest absolute Gasteiger partial charge is 0.149 e. The van der Waals surface area contributed by atoms with Crippen LogP contribution in [0.2, 0.25) is 0 Å². The van der Waals surface area contributed by atoms with Crippen molar-refractivity contribution in [3.05, 3.63) is 42.2 Å². The Bertz CT molecular complexity index is 620. The predicted molar refractivity (Wildman–Crippen MR) is 93.4 cm³/mol. The molecule has 0 aliphatic heterocycles. The van der Waals surface area contributed by atoms with Gasteiger partial charge in [0, 0.05) is 12.6 Å². The van der Waals surface area contributed by atoms with Crippen LogP contribution in [0, 0.1) is 11.7 Å². The summed E-state index contributed by atoms with van der Waals surface area (Å²) in [5.74, 6) is 0.650. The number of aromatic nitrogens is 3. The standard InChI is InChI=1S/C19H27FN4/c1-15(7-8-16-5-3-2-4-6-16)22-12-17-9-10-19(18(20)11-17)24-14-21-13-23-24/h9-11,13-16,22H,2-8,12H2,1H3. The molecule has 0 amide bonds. The van der Waals surface area contributed by atoms with Crippen LogP contribution in [0.25, 0.3) is 5.69 Å². The van der Waals surface area contributed by atoms with Crippen molar-refractivity contribution in [3.8, 4) is 5.69 Å². The van der Waals surface area contributed by atoms with E-state index < -0.39 is 0 Å². The van der Waals surface area contributed by atoms with Gasteiger partial charge < -0.3 is 5.32 Å². The highest BCUT2D eigenvalue weighted by Crippen LogP contribution is 2.27. The van der Waals surface area contributed by atoms with Gasteiger partial charge >= 0.3 is 0 Å². The fourth-order valence-corrected chi connectivity index (χ4v) is 3.53. The fourth-order valence-electron chi connectivity index (χ4n) is 3.53. The monoisotopic (exact) mass is 330 g/mol. The molecule has 0 radical (unpaired) electrons. The zero-order chi connectivity index (χ0) is 16.8. The Morgan fingerprint density at radius 3 is 2.83 bits per heavy atom. The lowest BCUT2D eigenvalue weighted by molar-refractivity contribution is 0.316.